The van der Waals surface area contributed by atoms with Crippen molar-refractivity contribution in [2.45, 2.75) is 51.7 Å². The van der Waals surface area contributed by atoms with Crippen LogP contribution in [0.1, 0.15) is 49.4 Å². The van der Waals surface area contributed by atoms with Crippen molar-refractivity contribution in [3.05, 3.63) is 26.6 Å². The number of nitrogens with zero attached hydrogens (tertiary/aromatic N) is 2. The number of aliphatic imine (C=N–C) groups is 1. The summed E-state index contributed by atoms with van der Waals surface area (Å²) in [5, 5.41) is 1.37. The van der Waals surface area contributed by atoms with Crippen molar-refractivity contribution in [2.24, 2.45) is 16.6 Å². The van der Waals surface area contributed by atoms with Gasteiger partial charge < -0.3 is 10.7 Å². The van der Waals surface area contributed by atoms with E-state index in [1.165, 1.54) is 35.0 Å². The van der Waals surface area contributed by atoms with E-state index in [1.807, 2.05) is 0 Å². The Bertz CT molecular complexity index is 807. The maximum absolute atomic E-state index is 12.5. The van der Waals surface area contributed by atoms with E-state index >= 15 is 0 Å². The Morgan fingerprint density at radius 1 is 1.42 bits per heavy atom. The zero-order valence-corrected chi connectivity index (χ0v) is 15.9. The van der Waals surface area contributed by atoms with Crippen LogP contribution in [-0.4, -0.2) is 21.7 Å². The molecule has 0 saturated heterocycles. The van der Waals surface area contributed by atoms with Crippen LogP contribution in [0.15, 0.2) is 9.79 Å². The molecule has 0 spiro atoms. The number of thiophene rings is 1. The number of rotatable bonds is 5. The number of fused-ring (bicyclic) bond motifs is 3. The molecule has 7 heteroatoms. The molecule has 0 radical (unpaired) electrons. The topological polar surface area (TPSA) is 84.1 Å². The van der Waals surface area contributed by atoms with E-state index in [1.54, 1.807) is 11.3 Å². The first-order chi connectivity index (χ1) is 11.5. The predicted molar refractivity (Wildman–Crippen MR) is 104 cm³/mol. The quantitative estimate of drug-likeness (QED) is 0.628. The Morgan fingerprint density at radius 2 is 2.21 bits per heavy atom. The first kappa shape index (κ1) is 17.5. The number of aryl methyl sites for hydroxylation is 2. The highest BCUT2D eigenvalue weighted by atomic mass is 32.2. The lowest BCUT2D eigenvalue weighted by Gasteiger charge is -2.09. The lowest BCUT2D eigenvalue weighted by atomic mass is 9.97. The monoisotopic (exact) mass is 364 g/mol. The van der Waals surface area contributed by atoms with Gasteiger partial charge in [-0.25, -0.2) is 4.98 Å². The minimum atomic E-state index is -0.00896. The van der Waals surface area contributed by atoms with Crippen LogP contribution in [0.25, 0.3) is 10.2 Å². The average molecular weight is 365 g/mol. The molecular weight excluding hydrogens is 340 g/mol. The van der Waals surface area contributed by atoms with Gasteiger partial charge in [0.15, 0.2) is 5.17 Å². The molecular formula is C17H24N4OS2. The smallest absolute Gasteiger partial charge is 0.259 e. The van der Waals surface area contributed by atoms with Crippen LogP contribution in [0.3, 0.4) is 0 Å². The Labute approximate surface area is 150 Å². The largest absolute Gasteiger partial charge is 0.379 e. The minimum absolute atomic E-state index is 0.00896. The van der Waals surface area contributed by atoms with Gasteiger partial charge in [-0.05, 0) is 43.6 Å². The molecule has 1 aliphatic carbocycles. The Kier molecular flexibility index (Phi) is 5.61. The van der Waals surface area contributed by atoms with E-state index in [9.17, 15) is 4.79 Å². The molecule has 0 saturated carbocycles. The number of amidine groups is 1. The van der Waals surface area contributed by atoms with Crippen LogP contribution in [-0.2, 0) is 18.6 Å². The van der Waals surface area contributed by atoms with E-state index in [0.29, 0.717) is 22.7 Å². The van der Waals surface area contributed by atoms with Crippen molar-refractivity contribution in [2.75, 3.05) is 6.54 Å². The van der Waals surface area contributed by atoms with Gasteiger partial charge in [0.2, 0.25) is 0 Å². The van der Waals surface area contributed by atoms with E-state index < -0.39 is 0 Å². The van der Waals surface area contributed by atoms with Crippen molar-refractivity contribution < 1.29 is 0 Å². The van der Waals surface area contributed by atoms with Gasteiger partial charge >= 0.3 is 0 Å². The molecule has 2 aromatic heterocycles. The number of aromatic amines is 1. The zero-order valence-electron chi connectivity index (χ0n) is 14.2. The number of hydrogen-bond acceptors (Lipinski definition) is 5. The Hall–Kier alpha value is -1.34. The van der Waals surface area contributed by atoms with Crippen molar-refractivity contribution >= 4 is 38.5 Å². The number of nitrogens with two attached hydrogens (primary N) is 1. The van der Waals surface area contributed by atoms with Crippen LogP contribution in [0.2, 0.25) is 0 Å². The fourth-order valence-electron chi connectivity index (χ4n) is 2.90. The molecule has 130 valence electrons. The standard InChI is InChI=1S/C17H24N4OS2/c1-10(2)7-8-19-17(18)23-9-13-20-15(22)14-11-5-3-4-6-12(11)24-16(14)21-13/h10H,3-9H2,1-2H3,(H2,18,19)(H,20,21,22). The lowest BCUT2D eigenvalue weighted by molar-refractivity contribution is 0.597. The van der Waals surface area contributed by atoms with Crippen molar-refractivity contribution in [1.29, 1.82) is 0 Å². The summed E-state index contributed by atoms with van der Waals surface area (Å²) in [5.74, 6) is 1.85. The molecule has 0 bridgehead atoms. The second kappa shape index (κ2) is 7.70. The summed E-state index contributed by atoms with van der Waals surface area (Å²) in [6.45, 7) is 5.09. The Morgan fingerprint density at radius 3 is 3.00 bits per heavy atom. The molecule has 0 aliphatic heterocycles. The molecule has 0 amide bonds. The van der Waals surface area contributed by atoms with Gasteiger partial charge in [-0.1, -0.05) is 25.6 Å². The average Bonchev–Trinajstić information content (AvgIpc) is 2.91. The van der Waals surface area contributed by atoms with Crippen LogP contribution in [0.5, 0.6) is 0 Å². The first-order valence-electron chi connectivity index (χ1n) is 8.50. The maximum atomic E-state index is 12.5. The zero-order chi connectivity index (χ0) is 17.1. The first-order valence-corrected chi connectivity index (χ1v) is 10.3. The molecule has 2 heterocycles. The maximum Gasteiger partial charge on any atom is 0.259 e. The highest BCUT2D eigenvalue weighted by Crippen LogP contribution is 2.33. The number of thioether (sulfide) groups is 1. The van der Waals surface area contributed by atoms with Gasteiger partial charge in [0.05, 0.1) is 11.1 Å². The number of nitrogens with one attached hydrogen (secondary N) is 1. The summed E-state index contributed by atoms with van der Waals surface area (Å²) in [6.07, 6.45) is 5.49. The molecule has 0 unspecified atom stereocenters. The lowest BCUT2D eigenvalue weighted by Crippen LogP contribution is -2.14. The third-order valence-corrected chi connectivity index (χ3v) is 6.23. The van der Waals surface area contributed by atoms with E-state index in [4.69, 9.17) is 5.73 Å². The second-order valence-corrected chi connectivity index (χ2v) is 8.67. The van der Waals surface area contributed by atoms with Gasteiger partial charge in [0.25, 0.3) is 5.56 Å². The summed E-state index contributed by atoms with van der Waals surface area (Å²) in [6, 6.07) is 0. The molecule has 3 rings (SSSR count). The van der Waals surface area contributed by atoms with Crippen LogP contribution >= 0.6 is 23.1 Å². The molecule has 3 N–H and O–H groups in total. The Balaban J connectivity index is 1.73. The summed E-state index contributed by atoms with van der Waals surface area (Å²) < 4.78 is 0. The van der Waals surface area contributed by atoms with Gasteiger partial charge in [0, 0.05) is 11.4 Å². The van der Waals surface area contributed by atoms with Crippen molar-refractivity contribution in [1.82, 2.24) is 9.97 Å². The molecule has 0 fully saturated rings. The van der Waals surface area contributed by atoms with E-state index in [2.05, 4.69) is 28.8 Å². The van der Waals surface area contributed by atoms with Crippen LogP contribution in [0, 0.1) is 5.92 Å². The molecule has 2 aromatic rings. The third kappa shape index (κ3) is 4.00. The molecule has 0 aromatic carbocycles. The van der Waals surface area contributed by atoms with Crippen molar-refractivity contribution in [3.63, 3.8) is 0 Å². The molecule has 0 atom stereocenters. The number of H-pyrrole nitrogens is 1. The summed E-state index contributed by atoms with van der Waals surface area (Å²) >= 11 is 3.11. The van der Waals surface area contributed by atoms with Gasteiger partial charge in [-0.15, -0.1) is 11.3 Å². The van der Waals surface area contributed by atoms with Gasteiger partial charge in [-0.2, -0.15) is 0 Å². The van der Waals surface area contributed by atoms with Crippen LogP contribution < -0.4 is 11.3 Å². The molecule has 5 nitrogen and oxygen atoms in total. The summed E-state index contributed by atoms with van der Waals surface area (Å²) in [7, 11) is 0. The second-order valence-electron chi connectivity index (χ2n) is 6.59. The van der Waals surface area contributed by atoms with E-state index in [0.717, 1.165) is 36.0 Å². The summed E-state index contributed by atoms with van der Waals surface area (Å²) in [5.41, 5.74) is 7.15. The number of hydrogen-bond donors (Lipinski definition) is 2. The van der Waals surface area contributed by atoms with Gasteiger partial charge in [-0.3, -0.25) is 9.79 Å². The van der Waals surface area contributed by atoms with Gasteiger partial charge in [0.1, 0.15) is 10.7 Å². The normalized spacial score (nSPS) is 15.2. The third-order valence-electron chi connectivity index (χ3n) is 4.20. The highest BCUT2D eigenvalue weighted by Gasteiger charge is 2.19. The van der Waals surface area contributed by atoms with Crippen LogP contribution in [0.4, 0.5) is 0 Å². The minimum Gasteiger partial charge on any atom is -0.379 e. The predicted octanol–water partition coefficient (Wildman–Crippen LogP) is 3.46. The van der Waals surface area contributed by atoms with E-state index in [-0.39, 0.29) is 5.56 Å². The highest BCUT2D eigenvalue weighted by molar-refractivity contribution is 8.13. The number of aromatic nitrogens is 2. The molecule has 1 aliphatic rings. The fraction of sp³-hybridized carbons (Fsp3) is 0.588. The summed E-state index contributed by atoms with van der Waals surface area (Å²) in [4.78, 5) is 26.6. The van der Waals surface area contributed by atoms with Crippen molar-refractivity contribution in [3.8, 4) is 0 Å². The molecule has 24 heavy (non-hydrogen) atoms. The SMILES string of the molecule is CC(C)CCN=C(N)SCc1nc2sc3c(c2c(=O)[nH]1)CCCC3. The fourth-order valence-corrected chi connectivity index (χ4v) is 4.78.